The molecule has 54 valence electrons. The van der Waals surface area contributed by atoms with E-state index in [9.17, 15) is 0 Å². The van der Waals surface area contributed by atoms with Crippen molar-refractivity contribution >= 4 is 12.6 Å². The van der Waals surface area contributed by atoms with E-state index in [1.165, 1.54) is 0 Å². The van der Waals surface area contributed by atoms with Crippen molar-refractivity contribution in [3.05, 3.63) is 0 Å². The van der Waals surface area contributed by atoms with Crippen LogP contribution < -0.4 is 0 Å². The fraction of sp³-hybridized carbons (Fsp3) is 1.00. The molecule has 0 aromatic carbocycles. The summed E-state index contributed by atoms with van der Waals surface area (Å²) in [6.07, 6.45) is 1.44. The molecular formula is C6H12O2S. The third-order valence-corrected chi connectivity index (χ3v) is 1.47. The van der Waals surface area contributed by atoms with Crippen molar-refractivity contribution in [1.29, 1.82) is 0 Å². The first-order chi connectivity index (χ1) is 4.43. The van der Waals surface area contributed by atoms with Crippen LogP contribution in [0, 0.1) is 0 Å². The summed E-state index contributed by atoms with van der Waals surface area (Å²) in [5.41, 5.74) is 0. The van der Waals surface area contributed by atoms with Gasteiger partial charge in [-0.25, -0.2) is 0 Å². The minimum atomic E-state index is 0.407. The molecule has 1 aliphatic rings. The molecule has 1 fully saturated rings. The monoisotopic (exact) mass is 148 g/mol. The molecule has 1 rings (SSSR count). The van der Waals surface area contributed by atoms with Crippen LogP contribution in [0.15, 0.2) is 0 Å². The zero-order valence-corrected chi connectivity index (χ0v) is 6.27. The van der Waals surface area contributed by atoms with E-state index in [-0.39, 0.29) is 0 Å². The average Bonchev–Trinajstić information content (AvgIpc) is 2.63. The van der Waals surface area contributed by atoms with Crippen molar-refractivity contribution in [2.45, 2.75) is 12.5 Å². The van der Waals surface area contributed by atoms with Crippen molar-refractivity contribution in [3.8, 4) is 0 Å². The van der Waals surface area contributed by atoms with Crippen LogP contribution in [-0.4, -0.2) is 31.7 Å². The number of ether oxygens (including phenoxy) is 2. The second-order valence-electron chi connectivity index (χ2n) is 2.11. The van der Waals surface area contributed by atoms with E-state index in [1.807, 2.05) is 0 Å². The van der Waals surface area contributed by atoms with Gasteiger partial charge in [0.2, 0.25) is 0 Å². The predicted molar refractivity (Wildman–Crippen MR) is 39.0 cm³/mol. The predicted octanol–water partition coefficient (Wildman–Crippen LogP) is 0.722. The number of hydrogen-bond acceptors (Lipinski definition) is 3. The number of epoxide rings is 1. The lowest BCUT2D eigenvalue weighted by Crippen LogP contribution is -2.02. The summed E-state index contributed by atoms with van der Waals surface area (Å²) in [5.74, 6) is 0.908. The lowest BCUT2D eigenvalue weighted by molar-refractivity contribution is 0.118. The molecule has 0 aromatic heterocycles. The quantitative estimate of drug-likeness (QED) is 0.352. The van der Waals surface area contributed by atoms with Gasteiger partial charge in [0, 0.05) is 6.61 Å². The van der Waals surface area contributed by atoms with Crippen LogP contribution in [-0.2, 0) is 9.47 Å². The lowest BCUT2D eigenvalue weighted by Gasteiger charge is -1.97. The Morgan fingerprint density at radius 3 is 3.00 bits per heavy atom. The van der Waals surface area contributed by atoms with Gasteiger partial charge in [0.25, 0.3) is 0 Å². The highest BCUT2D eigenvalue weighted by Gasteiger charge is 2.21. The summed E-state index contributed by atoms with van der Waals surface area (Å²) in [5, 5.41) is 0. The van der Waals surface area contributed by atoms with Gasteiger partial charge in [-0.05, 0) is 12.2 Å². The molecule has 0 radical (unpaired) electrons. The molecule has 0 N–H and O–H groups in total. The fourth-order valence-corrected chi connectivity index (χ4v) is 0.675. The molecule has 1 atom stereocenters. The zero-order valence-electron chi connectivity index (χ0n) is 5.38. The Labute approximate surface area is 60.9 Å². The highest BCUT2D eigenvalue weighted by Crippen LogP contribution is 2.08. The maximum Gasteiger partial charge on any atom is 0.104 e. The van der Waals surface area contributed by atoms with Crippen LogP contribution in [0.1, 0.15) is 6.42 Å². The first kappa shape index (κ1) is 7.38. The largest absolute Gasteiger partial charge is 0.379 e. The molecule has 2 nitrogen and oxygen atoms in total. The lowest BCUT2D eigenvalue weighted by atomic mass is 10.5. The summed E-state index contributed by atoms with van der Waals surface area (Å²) in [7, 11) is 0. The second kappa shape index (κ2) is 4.14. The second-order valence-corrected chi connectivity index (χ2v) is 2.55. The molecule has 0 bridgehead atoms. The Morgan fingerprint density at radius 1 is 1.67 bits per heavy atom. The Balaban J connectivity index is 1.71. The smallest absolute Gasteiger partial charge is 0.104 e. The summed E-state index contributed by atoms with van der Waals surface area (Å²) < 4.78 is 10.2. The molecule has 0 spiro atoms. The minimum absolute atomic E-state index is 0.407. The summed E-state index contributed by atoms with van der Waals surface area (Å²) in [6.45, 7) is 2.48. The Hall–Kier alpha value is 0.270. The molecule has 0 amide bonds. The third-order valence-electron chi connectivity index (χ3n) is 1.15. The Morgan fingerprint density at radius 2 is 2.44 bits per heavy atom. The van der Waals surface area contributed by atoms with Gasteiger partial charge in [-0.2, -0.15) is 12.6 Å². The Bertz CT molecular complexity index is 73.5. The van der Waals surface area contributed by atoms with Crippen LogP contribution in [0.4, 0.5) is 0 Å². The van der Waals surface area contributed by atoms with E-state index in [0.717, 1.165) is 32.0 Å². The summed E-state index contributed by atoms with van der Waals surface area (Å²) in [4.78, 5) is 0. The minimum Gasteiger partial charge on any atom is -0.379 e. The molecule has 3 heteroatoms. The first-order valence-corrected chi connectivity index (χ1v) is 3.87. The highest BCUT2D eigenvalue weighted by molar-refractivity contribution is 7.80. The van der Waals surface area contributed by atoms with Gasteiger partial charge in [-0.15, -0.1) is 0 Å². The van der Waals surface area contributed by atoms with E-state index in [4.69, 9.17) is 9.47 Å². The van der Waals surface area contributed by atoms with Crippen LogP contribution in [0.3, 0.4) is 0 Å². The molecule has 0 aromatic rings. The summed E-state index contributed by atoms with van der Waals surface area (Å²) >= 11 is 4.05. The number of rotatable bonds is 5. The van der Waals surface area contributed by atoms with Crippen LogP contribution in [0.5, 0.6) is 0 Å². The van der Waals surface area contributed by atoms with Crippen molar-refractivity contribution in [2.75, 3.05) is 25.6 Å². The van der Waals surface area contributed by atoms with E-state index in [1.54, 1.807) is 0 Å². The average molecular weight is 148 g/mol. The van der Waals surface area contributed by atoms with Crippen LogP contribution >= 0.6 is 12.6 Å². The molecule has 1 aliphatic heterocycles. The maximum atomic E-state index is 5.22. The SMILES string of the molecule is SCCCOCC1CO1. The number of thiol groups is 1. The van der Waals surface area contributed by atoms with Crippen LogP contribution in [0.25, 0.3) is 0 Å². The molecule has 1 saturated heterocycles. The van der Waals surface area contributed by atoms with Gasteiger partial charge >= 0.3 is 0 Å². The highest BCUT2D eigenvalue weighted by atomic mass is 32.1. The van der Waals surface area contributed by atoms with E-state index >= 15 is 0 Å². The molecule has 1 heterocycles. The maximum absolute atomic E-state index is 5.22. The Kier molecular flexibility index (Phi) is 3.40. The normalized spacial score (nSPS) is 24.3. The van der Waals surface area contributed by atoms with E-state index in [2.05, 4.69) is 12.6 Å². The first-order valence-electron chi connectivity index (χ1n) is 3.23. The van der Waals surface area contributed by atoms with E-state index < -0.39 is 0 Å². The van der Waals surface area contributed by atoms with Crippen molar-refractivity contribution in [2.24, 2.45) is 0 Å². The van der Waals surface area contributed by atoms with Gasteiger partial charge in [-0.1, -0.05) is 0 Å². The third kappa shape index (κ3) is 3.78. The molecule has 9 heavy (non-hydrogen) atoms. The van der Waals surface area contributed by atoms with Gasteiger partial charge in [0.15, 0.2) is 0 Å². The standard InChI is InChI=1S/C6H12O2S/c9-3-1-2-7-4-6-5-8-6/h6,9H,1-5H2. The van der Waals surface area contributed by atoms with E-state index in [0.29, 0.717) is 6.10 Å². The van der Waals surface area contributed by atoms with Gasteiger partial charge in [-0.3, -0.25) is 0 Å². The number of hydrogen-bond donors (Lipinski definition) is 1. The van der Waals surface area contributed by atoms with Crippen molar-refractivity contribution < 1.29 is 9.47 Å². The van der Waals surface area contributed by atoms with Gasteiger partial charge in [0.05, 0.1) is 13.2 Å². The molecule has 0 saturated carbocycles. The van der Waals surface area contributed by atoms with Crippen molar-refractivity contribution in [1.82, 2.24) is 0 Å². The fourth-order valence-electron chi connectivity index (χ4n) is 0.546. The topological polar surface area (TPSA) is 21.8 Å². The van der Waals surface area contributed by atoms with Crippen molar-refractivity contribution in [3.63, 3.8) is 0 Å². The molecular weight excluding hydrogens is 136 g/mol. The molecule has 1 unspecified atom stereocenters. The van der Waals surface area contributed by atoms with Gasteiger partial charge in [0.1, 0.15) is 6.10 Å². The van der Waals surface area contributed by atoms with Crippen LogP contribution in [0.2, 0.25) is 0 Å². The molecule has 0 aliphatic carbocycles. The van der Waals surface area contributed by atoms with Gasteiger partial charge < -0.3 is 9.47 Å². The zero-order chi connectivity index (χ0) is 6.53. The summed E-state index contributed by atoms with van der Waals surface area (Å²) in [6, 6.07) is 0.